The predicted molar refractivity (Wildman–Crippen MR) is 47.5 cm³/mol. The first kappa shape index (κ1) is 11.6. The number of benzene rings is 1. The van der Waals surface area contributed by atoms with Crippen LogP contribution < -0.4 is 10.1 Å². The van der Waals surface area contributed by atoms with Crippen LogP contribution in [0.3, 0.4) is 0 Å². The summed E-state index contributed by atoms with van der Waals surface area (Å²) in [5.41, 5.74) is 0.480. The van der Waals surface area contributed by atoms with Crippen LogP contribution in [-0.2, 0) is 0 Å². The second-order valence-corrected chi connectivity index (χ2v) is 2.80. The van der Waals surface area contributed by atoms with Crippen LogP contribution in [-0.4, -0.2) is 19.8 Å². The summed E-state index contributed by atoms with van der Waals surface area (Å²) in [6.45, 7) is -1.50. The van der Waals surface area contributed by atoms with E-state index in [2.05, 4.69) is 10.1 Å². The average molecular weight is 223 g/mol. The fraction of sp³-hybridized carbons (Fsp3) is 0.333. The Kier molecular flexibility index (Phi) is 3.39. The van der Waals surface area contributed by atoms with Gasteiger partial charge in [-0.1, -0.05) is 0 Å². The highest BCUT2D eigenvalue weighted by Crippen LogP contribution is 2.24. The lowest BCUT2D eigenvalue weighted by Gasteiger charge is -2.10. The van der Waals surface area contributed by atoms with Gasteiger partial charge in [0.1, 0.15) is 0 Å². The van der Waals surface area contributed by atoms with Crippen LogP contribution in [0.4, 0.5) is 23.2 Å². The molecule has 15 heavy (non-hydrogen) atoms. The van der Waals surface area contributed by atoms with Crippen LogP contribution >= 0.6 is 0 Å². The summed E-state index contributed by atoms with van der Waals surface area (Å²) in [5, 5.41) is 2.66. The van der Waals surface area contributed by atoms with Gasteiger partial charge < -0.3 is 10.1 Å². The minimum absolute atomic E-state index is 0.417. The van der Waals surface area contributed by atoms with Gasteiger partial charge >= 0.3 is 6.18 Å². The number of nitrogens with one attached hydrogen (secondary N) is 1. The second kappa shape index (κ2) is 4.37. The van der Waals surface area contributed by atoms with E-state index in [4.69, 9.17) is 0 Å². The lowest BCUT2D eigenvalue weighted by Crippen LogP contribution is -2.19. The summed E-state index contributed by atoms with van der Waals surface area (Å²) in [6, 6.07) is 3.61. The summed E-state index contributed by atoms with van der Waals surface area (Å²) in [7, 11) is 1.57. The van der Waals surface area contributed by atoms with Crippen molar-refractivity contribution >= 4 is 5.69 Å². The van der Waals surface area contributed by atoms with Crippen molar-refractivity contribution in [3.05, 3.63) is 24.0 Å². The van der Waals surface area contributed by atoms with E-state index >= 15 is 0 Å². The number of halogens is 4. The van der Waals surface area contributed by atoms with Gasteiger partial charge in [-0.3, -0.25) is 0 Å². The lowest BCUT2D eigenvalue weighted by atomic mass is 10.3. The zero-order valence-electron chi connectivity index (χ0n) is 7.86. The van der Waals surface area contributed by atoms with Gasteiger partial charge in [0.2, 0.25) is 0 Å². The largest absolute Gasteiger partial charge is 0.481 e. The number of hydrogen-bond donors (Lipinski definition) is 1. The van der Waals surface area contributed by atoms with Gasteiger partial charge in [0, 0.05) is 18.8 Å². The zero-order chi connectivity index (χ0) is 11.5. The number of anilines is 1. The van der Waals surface area contributed by atoms with Crippen LogP contribution in [0, 0.1) is 5.82 Å². The van der Waals surface area contributed by atoms with Crippen LogP contribution in [0.25, 0.3) is 0 Å². The summed E-state index contributed by atoms with van der Waals surface area (Å²) in [5.74, 6) is -1.24. The van der Waals surface area contributed by atoms with E-state index < -0.39 is 24.3 Å². The van der Waals surface area contributed by atoms with Gasteiger partial charge in [-0.25, -0.2) is 4.39 Å². The molecule has 0 aromatic heterocycles. The molecule has 0 spiro atoms. The maximum Gasteiger partial charge on any atom is 0.422 e. The monoisotopic (exact) mass is 223 g/mol. The minimum Gasteiger partial charge on any atom is -0.481 e. The molecule has 0 saturated carbocycles. The highest BCUT2D eigenvalue weighted by molar-refractivity contribution is 5.48. The van der Waals surface area contributed by atoms with E-state index in [9.17, 15) is 17.6 Å². The van der Waals surface area contributed by atoms with Crippen molar-refractivity contribution in [2.24, 2.45) is 0 Å². The van der Waals surface area contributed by atoms with E-state index in [-0.39, 0.29) is 0 Å². The third-order valence-corrected chi connectivity index (χ3v) is 1.61. The first-order chi connectivity index (χ1) is 6.92. The Hall–Kier alpha value is -1.46. The highest BCUT2D eigenvalue weighted by atomic mass is 19.4. The van der Waals surface area contributed by atoms with Crippen molar-refractivity contribution in [1.29, 1.82) is 0 Å². The fourth-order valence-electron chi connectivity index (χ4n) is 0.929. The van der Waals surface area contributed by atoms with Crippen molar-refractivity contribution in [3.8, 4) is 5.75 Å². The Morgan fingerprint density at radius 3 is 2.53 bits per heavy atom. The molecular formula is C9H9F4NO. The summed E-state index contributed by atoms with van der Waals surface area (Å²) < 4.78 is 52.6. The average Bonchev–Trinajstić information content (AvgIpc) is 2.15. The first-order valence-corrected chi connectivity index (χ1v) is 4.09. The fourth-order valence-corrected chi connectivity index (χ4v) is 0.929. The van der Waals surface area contributed by atoms with Gasteiger partial charge in [0.15, 0.2) is 18.2 Å². The molecule has 0 aliphatic heterocycles. The van der Waals surface area contributed by atoms with Crippen LogP contribution in [0.1, 0.15) is 0 Å². The third-order valence-electron chi connectivity index (χ3n) is 1.61. The number of alkyl halides is 3. The molecule has 0 saturated heterocycles. The normalized spacial score (nSPS) is 11.3. The van der Waals surface area contributed by atoms with Crippen molar-refractivity contribution in [3.63, 3.8) is 0 Å². The third kappa shape index (κ3) is 3.65. The number of ether oxygens (including phenoxy) is 1. The molecule has 0 aliphatic carbocycles. The van der Waals surface area contributed by atoms with Gasteiger partial charge in [0.05, 0.1) is 0 Å². The summed E-state index contributed by atoms with van der Waals surface area (Å²) in [6.07, 6.45) is -4.47. The van der Waals surface area contributed by atoms with Crippen molar-refractivity contribution in [1.82, 2.24) is 0 Å². The van der Waals surface area contributed by atoms with Crippen molar-refractivity contribution < 1.29 is 22.3 Å². The topological polar surface area (TPSA) is 21.3 Å². The van der Waals surface area contributed by atoms with E-state index in [1.54, 1.807) is 7.05 Å². The molecule has 1 rings (SSSR count). The van der Waals surface area contributed by atoms with E-state index in [0.717, 1.165) is 6.07 Å². The second-order valence-electron chi connectivity index (χ2n) is 2.80. The molecule has 0 fully saturated rings. The van der Waals surface area contributed by atoms with Gasteiger partial charge in [0.25, 0.3) is 0 Å². The quantitative estimate of drug-likeness (QED) is 0.795. The van der Waals surface area contributed by atoms with Crippen LogP contribution in [0.5, 0.6) is 5.75 Å². The molecule has 6 heteroatoms. The minimum atomic E-state index is -4.47. The van der Waals surface area contributed by atoms with E-state index in [1.807, 2.05) is 0 Å². The van der Waals surface area contributed by atoms with E-state index in [0.29, 0.717) is 5.69 Å². The Morgan fingerprint density at radius 1 is 1.33 bits per heavy atom. The maximum absolute atomic E-state index is 13.0. The maximum atomic E-state index is 13.0. The Bertz CT molecular complexity index is 337. The van der Waals surface area contributed by atoms with Gasteiger partial charge in [-0.15, -0.1) is 0 Å². The van der Waals surface area contributed by atoms with Crippen LogP contribution in [0.2, 0.25) is 0 Å². The molecule has 0 radical (unpaired) electrons. The van der Waals surface area contributed by atoms with Crippen molar-refractivity contribution in [2.45, 2.75) is 6.18 Å². The van der Waals surface area contributed by atoms with Gasteiger partial charge in [-0.2, -0.15) is 13.2 Å². The molecular weight excluding hydrogens is 214 g/mol. The molecule has 0 unspecified atom stereocenters. The van der Waals surface area contributed by atoms with Crippen molar-refractivity contribution in [2.75, 3.05) is 19.0 Å². The highest BCUT2D eigenvalue weighted by Gasteiger charge is 2.28. The molecule has 1 aromatic rings. The lowest BCUT2D eigenvalue weighted by molar-refractivity contribution is -0.153. The van der Waals surface area contributed by atoms with Gasteiger partial charge in [-0.05, 0) is 12.1 Å². The molecule has 1 N–H and O–H groups in total. The Morgan fingerprint density at radius 2 is 2.00 bits per heavy atom. The first-order valence-electron chi connectivity index (χ1n) is 4.09. The molecule has 0 amide bonds. The smallest absolute Gasteiger partial charge is 0.422 e. The SMILES string of the molecule is CNc1ccc(F)c(OCC(F)(F)F)c1. The predicted octanol–water partition coefficient (Wildman–Crippen LogP) is 2.81. The molecule has 0 heterocycles. The van der Waals surface area contributed by atoms with Crippen LogP contribution in [0.15, 0.2) is 18.2 Å². The molecule has 2 nitrogen and oxygen atoms in total. The zero-order valence-corrected chi connectivity index (χ0v) is 7.86. The number of rotatable bonds is 3. The molecule has 0 aliphatic rings. The number of hydrogen-bond acceptors (Lipinski definition) is 2. The molecule has 1 aromatic carbocycles. The summed E-state index contributed by atoms with van der Waals surface area (Å²) >= 11 is 0. The van der Waals surface area contributed by atoms with E-state index in [1.165, 1.54) is 12.1 Å². The molecule has 0 atom stereocenters. The summed E-state index contributed by atoms with van der Waals surface area (Å²) in [4.78, 5) is 0. The standard InChI is InChI=1S/C9H9F4NO/c1-14-6-2-3-7(10)8(4-6)15-5-9(11,12)13/h2-4,14H,5H2,1H3. The Labute approximate surface area is 83.9 Å². The molecule has 0 bridgehead atoms. The molecule has 84 valence electrons. The Balaban J connectivity index is 2.75.